The summed E-state index contributed by atoms with van der Waals surface area (Å²) in [5.41, 5.74) is 0. The summed E-state index contributed by atoms with van der Waals surface area (Å²) < 4.78 is 26.0. The third-order valence-corrected chi connectivity index (χ3v) is 3.15. The predicted octanol–water partition coefficient (Wildman–Crippen LogP) is 1.48. The van der Waals surface area contributed by atoms with Crippen LogP contribution in [0.25, 0.3) is 0 Å². The van der Waals surface area contributed by atoms with E-state index in [4.69, 9.17) is 0 Å². The lowest BCUT2D eigenvalue weighted by molar-refractivity contribution is 0.0255. The SMILES string of the molecule is CN(Cc1nccn1C(F)F)CC1CC(O)C1. The highest BCUT2D eigenvalue weighted by Gasteiger charge is 2.28. The van der Waals surface area contributed by atoms with Gasteiger partial charge in [0.1, 0.15) is 5.82 Å². The molecule has 0 saturated heterocycles. The van der Waals surface area contributed by atoms with Crippen LogP contribution in [0.1, 0.15) is 25.2 Å². The molecule has 4 nitrogen and oxygen atoms in total. The molecule has 1 aromatic rings. The fourth-order valence-corrected chi connectivity index (χ4v) is 2.24. The van der Waals surface area contributed by atoms with Crippen LogP contribution in [0.15, 0.2) is 12.4 Å². The predicted molar refractivity (Wildman–Crippen MR) is 58.5 cm³/mol. The molecule has 1 aliphatic rings. The van der Waals surface area contributed by atoms with E-state index in [1.807, 2.05) is 11.9 Å². The summed E-state index contributed by atoms with van der Waals surface area (Å²) in [5, 5.41) is 9.17. The molecule has 17 heavy (non-hydrogen) atoms. The highest BCUT2D eigenvalue weighted by atomic mass is 19.3. The van der Waals surface area contributed by atoms with Crippen LogP contribution in [0.2, 0.25) is 0 Å². The van der Waals surface area contributed by atoms with Gasteiger partial charge in [0.05, 0.1) is 12.6 Å². The van der Waals surface area contributed by atoms with Crippen LogP contribution in [0.3, 0.4) is 0 Å². The molecule has 1 heterocycles. The lowest BCUT2D eigenvalue weighted by Crippen LogP contribution is -2.37. The van der Waals surface area contributed by atoms with Gasteiger partial charge in [-0.2, -0.15) is 8.78 Å². The van der Waals surface area contributed by atoms with Crippen LogP contribution in [-0.2, 0) is 6.54 Å². The Bertz CT molecular complexity index is 363. The van der Waals surface area contributed by atoms with Gasteiger partial charge in [0, 0.05) is 18.9 Å². The number of hydrogen-bond acceptors (Lipinski definition) is 3. The van der Waals surface area contributed by atoms with Crippen LogP contribution in [0.4, 0.5) is 8.78 Å². The molecule has 1 aliphatic carbocycles. The Morgan fingerprint density at radius 1 is 1.59 bits per heavy atom. The van der Waals surface area contributed by atoms with Crippen molar-refractivity contribution in [1.82, 2.24) is 14.5 Å². The largest absolute Gasteiger partial charge is 0.393 e. The van der Waals surface area contributed by atoms with E-state index in [2.05, 4.69) is 4.98 Å². The number of aromatic nitrogens is 2. The van der Waals surface area contributed by atoms with Crippen molar-refractivity contribution in [2.75, 3.05) is 13.6 Å². The summed E-state index contributed by atoms with van der Waals surface area (Å²) >= 11 is 0. The number of nitrogens with zero attached hydrogens (tertiary/aromatic N) is 3. The third-order valence-electron chi connectivity index (χ3n) is 3.15. The normalized spacial score (nSPS) is 24.4. The van der Waals surface area contributed by atoms with Gasteiger partial charge in [0.2, 0.25) is 0 Å². The van der Waals surface area contributed by atoms with Crippen LogP contribution in [0.5, 0.6) is 0 Å². The molecule has 96 valence electrons. The molecule has 1 aromatic heterocycles. The molecular formula is C11H17F2N3O. The maximum absolute atomic E-state index is 12.6. The Hall–Kier alpha value is -1.01. The second-order valence-electron chi connectivity index (χ2n) is 4.72. The summed E-state index contributed by atoms with van der Waals surface area (Å²) in [4.78, 5) is 5.91. The van der Waals surface area contributed by atoms with Crippen molar-refractivity contribution in [2.24, 2.45) is 5.92 Å². The molecule has 6 heteroatoms. The van der Waals surface area contributed by atoms with Crippen LogP contribution >= 0.6 is 0 Å². The van der Waals surface area contributed by atoms with Crippen molar-refractivity contribution < 1.29 is 13.9 Å². The van der Waals surface area contributed by atoms with Crippen LogP contribution in [-0.4, -0.2) is 39.3 Å². The van der Waals surface area contributed by atoms with Gasteiger partial charge in [-0.3, -0.25) is 9.47 Å². The van der Waals surface area contributed by atoms with Gasteiger partial charge in [-0.1, -0.05) is 0 Å². The second kappa shape index (κ2) is 5.10. The van der Waals surface area contributed by atoms with Crippen LogP contribution < -0.4 is 0 Å². The zero-order chi connectivity index (χ0) is 12.4. The molecule has 0 aliphatic heterocycles. The number of halogens is 2. The monoisotopic (exact) mass is 245 g/mol. The first-order valence-corrected chi connectivity index (χ1v) is 5.72. The number of imidazole rings is 1. The number of rotatable bonds is 5. The van der Waals surface area contributed by atoms with Crippen molar-refractivity contribution in [2.45, 2.75) is 32.0 Å². The Kier molecular flexibility index (Phi) is 3.73. The average Bonchev–Trinajstić information content (AvgIpc) is 2.63. The fourth-order valence-electron chi connectivity index (χ4n) is 2.24. The van der Waals surface area contributed by atoms with E-state index in [1.165, 1.54) is 12.4 Å². The Morgan fingerprint density at radius 2 is 2.29 bits per heavy atom. The van der Waals surface area contributed by atoms with E-state index in [1.54, 1.807) is 0 Å². The van der Waals surface area contributed by atoms with Gasteiger partial charge in [0.25, 0.3) is 0 Å². The van der Waals surface area contributed by atoms with Gasteiger partial charge >= 0.3 is 6.55 Å². The molecular weight excluding hydrogens is 228 g/mol. The molecule has 0 atom stereocenters. The molecule has 1 fully saturated rings. The lowest BCUT2D eigenvalue weighted by Gasteiger charge is -2.34. The number of alkyl halides is 2. The Morgan fingerprint density at radius 3 is 2.88 bits per heavy atom. The molecule has 0 unspecified atom stereocenters. The first kappa shape index (κ1) is 12.4. The first-order chi connectivity index (χ1) is 8.06. The molecule has 0 aromatic carbocycles. The minimum absolute atomic E-state index is 0.170. The van der Waals surface area contributed by atoms with Gasteiger partial charge in [-0.05, 0) is 25.8 Å². The Labute approximate surface area is 98.9 Å². The summed E-state index contributed by atoms with van der Waals surface area (Å²) in [7, 11) is 1.88. The zero-order valence-electron chi connectivity index (χ0n) is 9.76. The molecule has 0 bridgehead atoms. The zero-order valence-corrected chi connectivity index (χ0v) is 9.76. The number of aliphatic hydroxyl groups is 1. The summed E-state index contributed by atoms with van der Waals surface area (Å²) in [6.07, 6.45) is 4.14. The molecule has 0 spiro atoms. The lowest BCUT2D eigenvalue weighted by atomic mass is 9.82. The third kappa shape index (κ3) is 3.01. The standard InChI is InChI=1S/C11H17F2N3O/c1-15(6-8-4-9(17)5-8)7-10-14-2-3-16(10)11(12)13/h2-3,8-9,11,17H,4-7H2,1H3. The van der Waals surface area contributed by atoms with E-state index < -0.39 is 6.55 Å². The first-order valence-electron chi connectivity index (χ1n) is 5.72. The fraction of sp³-hybridized carbons (Fsp3) is 0.727. The molecule has 1 N–H and O–H groups in total. The van der Waals surface area contributed by atoms with Crippen LogP contribution in [0, 0.1) is 5.92 Å². The average molecular weight is 245 g/mol. The topological polar surface area (TPSA) is 41.3 Å². The highest BCUT2D eigenvalue weighted by molar-refractivity contribution is 4.93. The van der Waals surface area contributed by atoms with E-state index in [9.17, 15) is 13.9 Å². The van der Waals surface area contributed by atoms with Crippen molar-refractivity contribution >= 4 is 0 Å². The van der Waals surface area contributed by atoms with Gasteiger partial charge in [-0.15, -0.1) is 0 Å². The Balaban J connectivity index is 1.85. The minimum Gasteiger partial charge on any atom is -0.393 e. The summed E-state index contributed by atoms with van der Waals surface area (Å²) in [6, 6.07) is 0. The summed E-state index contributed by atoms with van der Waals surface area (Å²) in [6.45, 7) is -1.32. The van der Waals surface area contributed by atoms with E-state index >= 15 is 0 Å². The highest BCUT2D eigenvalue weighted by Crippen LogP contribution is 2.27. The maximum Gasteiger partial charge on any atom is 0.319 e. The second-order valence-corrected chi connectivity index (χ2v) is 4.72. The quantitative estimate of drug-likeness (QED) is 0.854. The molecule has 1 saturated carbocycles. The number of hydrogen-bond donors (Lipinski definition) is 1. The van der Waals surface area contributed by atoms with E-state index in [-0.39, 0.29) is 6.10 Å². The smallest absolute Gasteiger partial charge is 0.319 e. The van der Waals surface area contributed by atoms with Gasteiger partial charge < -0.3 is 5.11 Å². The van der Waals surface area contributed by atoms with E-state index in [0.717, 1.165) is 24.0 Å². The van der Waals surface area contributed by atoms with Gasteiger partial charge in [-0.25, -0.2) is 4.98 Å². The number of aliphatic hydroxyl groups excluding tert-OH is 1. The van der Waals surface area contributed by atoms with Crippen molar-refractivity contribution in [3.8, 4) is 0 Å². The summed E-state index contributed by atoms with van der Waals surface area (Å²) in [5.74, 6) is 0.854. The van der Waals surface area contributed by atoms with Crippen molar-refractivity contribution in [3.63, 3.8) is 0 Å². The van der Waals surface area contributed by atoms with Crippen molar-refractivity contribution in [1.29, 1.82) is 0 Å². The molecule has 0 radical (unpaired) electrons. The van der Waals surface area contributed by atoms with E-state index in [0.29, 0.717) is 18.3 Å². The minimum atomic E-state index is -2.54. The van der Waals surface area contributed by atoms with Crippen molar-refractivity contribution in [3.05, 3.63) is 18.2 Å². The molecule has 0 amide bonds. The molecule has 2 rings (SSSR count). The van der Waals surface area contributed by atoms with Gasteiger partial charge in [0.15, 0.2) is 0 Å². The maximum atomic E-state index is 12.6.